The second-order valence-electron chi connectivity index (χ2n) is 5.07. The van der Waals surface area contributed by atoms with Crippen LogP contribution in [0.4, 0.5) is 5.69 Å². The van der Waals surface area contributed by atoms with Crippen molar-refractivity contribution in [3.05, 3.63) is 58.6 Å². The minimum atomic E-state index is -0.180. The molecule has 2 aromatic rings. The van der Waals surface area contributed by atoms with Crippen molar-refractivity contribution in [1.29, 1.82) is 0 Å². The molecule has 2 aromatic carbocycles. The molecule has 1 N–H and O–H groups in total. The molecule has 0 spiro atoms. The quantitative estimate of drug-likeness (QED) is 0.858. The van der Waals surface area contributed by atoms with E-state index in [1.165, 1.54) is 5.56 Å². The highest BCUT2D eigenvalue weighted by atomic mass is 79.9. The largest absolute Gasteiger partial charge is 0.484 e. The van der Waals surface area contributed by atoms with Crippen LogP contribution in [0.25, 0.3) is 0 Å². The number of hydrogen-bond acceptors (Lipinski definition) is 2. The molecular formula is C17H18BrNO2. The van der Waals surface area contributed by atoms with Gasteiger partial charge in [0.25, 0.3) is 5.91 Å². The van der Waals surface area contributed by atoms with Crippen LogP contribution >= 0.6 is 15.9 Å². The number of nitrogens with one attached hydrogen (secondary N) is 1. The number of hydrogen-bond donors (Lipinski definition) is 1. The van der Waals surface area contributed by atoms with Gasteiger partial charge in [-0.2, -0.15) is 0 Å². The molecule has 0 fully saturated rings. The highest BCUT2D eigenvalue weighted by Gasteiger charge is 2.05. The van der Waals surface area contributed by atoms with E-state index in [1.807, 2.05) is 48.5 Å². The molecule has 2 rings (SSSR count). The molecule has 21 heavy (non-hydrogen) atoms. The van der Waals surface area contributed by atoms with E-state index in [0.29, 0.717) is 11.7 Å². The van der Waals surface area contributed by atoms with Crippen molar-refractivity contribution in [2.24, 2.45) is 0 Å². The van der Waals surface area contributed by atoms with E-state index < -0.39 is 0 Å². The van der Waals surface area contributed by atoms with Crippen LogP contribution in [0.2, 0.25) is 0 Å². The van der Waals surface area contributed by atoms with E-state index in [0.717, 1.165) is 10.2 Å². The number of amides is 1. The van der Waals surface area contributed by atoms with E-state index >= 15 is 0 Å². The van der Waals surface area contributed by atoms with Crippen LogP contribution in [-0.4, -0.2) is 12.5 Å². The van der Waals surface area contributed by atoms with Crippen LogP contribution in [0.5, 0.6) is 5.75 Å². The summed E-state index contributed by atoms with van der Waals surface area (Å²) in [5.74, 6) is 1.00. The van der Waals surface area contributed by atoms with Crippen molar-refractivity contribution in [2.75, 3.05) is 11.9 Å². The average Bonchev–Trinajstić information content (AvgIpc) is 2.45. The number of ether oxygens (including phenoxy) is 1. The molecule has 0 heterocycles. The lowest BCUT2D eigenvalue weighted by molar-refractivity contribution is -0.118. The first-order valence-corrected chi connectivity index (χ1v) is 7.62. The molecule has 0 aliphatic rings. The summed E-state index contributed by atoms with van der Waals surface area (Å²) < 4.78 is 6.40. The van der Waals surface area contributed by atoms with Crippen LogP contribution in [0.3, 0.4) is 0 Å². The Bertz CT molecular complexity index is 608. The van der Waals surface area contributed by atoms with E-state index in [-0.39, 0.29) is 12.5 Å². The summed E-state index contributed by atoms with van der Waals surface area (Å²) in [7, 11) is 0. The van der Waals surface area contributed by atoms with Crippen LogP contribution in [0.1, 0.15) is 25.3 Å². The van der Waals surface area contributed by atoms with Crippen molar-refractivity contribution in [3.8, 4) is 5.75 Å². The maximum Gasteiger partial charge on any atom is 0.262 e. The van der Waals surface area contributed by atoms with Crippen LogP contribution in [0.15, 0.2) is 53.0 Å². The Morgan fingerprint density at radius 3 is 2.52 bits per heavy atom. The molecule has 0 atom stereocenters. The summed E-state index contributed by atoms with van der Waals surface area (Å²) in [6, 6.07) is 15.3. The standard InChI is InChI=1S/C17H18BrNO2/c1-12(2)13-6-8-16(9-7-13)21-11-17(20)19-15-5-3-4-14(18)10-15/h3-10,12H,11H2,1-2H3,(H,19,20). The molecule has 4 heteroatoms. The van der Waals surface area contributed by atoms with Gasteiger partial charge in [0.1, 0.15) is 5.75 Å². The number of benzene rings is 2. The van der Waals surface area contributed by atoms with Gasteiger partial charge in [-0.05, 0) is 41.8 Å². The SMILES string of the molecule is CC(C)c1ccc(OCC(=O)Nc2cccc(Br)c2)cc1. The molecule has 1 amide bonds. The third-order valence-corrected chi connectivity index (χ3v) is 3.52. The minimum absolute atomic E-state index is 0.00641. The van der Waals surface area contributed by atoms with Gasteiger partial charge in [-0.3, -0.25) is 4.79 Å². The van der Waals surface area contributed by atoms with E-state index in [1.54, 1.807) is 0 Å². The molecule has 0 radical (unpaired) electrons. The fraction of sp³-hybridized carbons (Fsp3) is 0.235. The highest BCUT2D eigenvalue weighted by Crippen LogP contribution is 2.19. The average molecular weight is 348 g/mol. The molecule has 0 aromatic heterocycles. The second kappa shape index (κ2) is 7.27. The van der Waals surface area contributed by atoms with Crippen molar-refractivity contribution in [2.45, 2.75) is 19.8 Å². The molecule has 0 bridgehead atoms. The topological polar surface area (TPSA) is 38.3 Å². The molecule has 0 unspecified atom stereocenters. The predicted octanol–water partition coefficient (Wildman–Crippen LogP) is 4.59. The summed E-state index contributed by atoms with van der Waals surface area (Å²) in [5, 5.41) is 2.79. The zero-order chi connectivity index (χ0) is 15.2. The summed E-state index contributed by atoms with van der Waals surface area (Å²) in [4.78, 5) is 11.8. The van der Waals surface area contributed by atoms with Gasteiger partial charge in [-0.25, -0.2) is 0 Å². The van der Waals surface area contributed by atoms with Gasteiger partial charge >= 0.3 is 0 Å². The number of halogens is 1. The van der Waals surface area contributed by atoms with Crippen molar-refractivity contribution in [1.82, 2.24) is 0 Å². The lowest BCUT2D eigenvalue weighted by atomic mass is 10.0. The third-order valence-electron chi connectivity index (χ3n) is 3.03. The number of rotatable bonds is 5. The lowest BCUT2D eigenvalue weighted by Crippen LogP contribution is -2.20. The fourth-order valence-corrected chi connectivity index (χ4v) is 2.26. The third kappa shape index (κ3) is 4.90. The maximum absolute atomic E-state index is 11.8. The Morgan fingerprint density at radius 1 is 1.19 bits per heavy atom. The van der Waals surface area contributed by atoms with Gasteiger partial charge in [0.15, 0.2) is 6.61 Å². The molecule has 0 saturated carbocycles. The fourth-order valence-electron chi connectivity index (χ4n) is 1.86. The van der Waals surface area contributed by atoms with Crippen LogP contribution < -0.4 is 10.1 Å². The minimum Gasteiger partial charge on any atom is -0.484 e. The van der Waals surface area contributed by atoms with Crippen molar-refractivity contribution < 1.29 is 9.53 Å². The first kappa shape index (κ1) is 15.6. The number of carbonyl (C=O) groups is 1. The summed E-state index contributed by atoms with van der Waals surface area (Å²) >= 11 is 3.36. The zero-order valence-corrected chi connectivity index (χ0v) is 13.7. The molecule has 0 aliphatic heterocycles. The highest BCUT2D eigenvalue weighted by molar-refractivity contribution is 9.10. The molecule has 0 aliphatic carbocycles. The summed E-state index contributed by atoms with van der Waals surface area (Å²) in [6.07, 6.45) is 0. The summed E-state index contributed by atoms with van der Waals surface area (Å²) in [6.45, 7) is 4.27. The molecule has 110 valence electrons. The first-order chi connectivity index (χ1) is 10.0. The normalized spacial score (nSPS) is 10.5. The Hall–Kier alpha value is -1.81. The molecular weight excluding hydrogens is 330 g/mol. The second-order valence-corrected chi connectivity index (χ2v) is 5.99. The number of anilines is 1. The Morgan fingerprint density at radius 2 is 1.90 bits per heavy atom. The molecule has 3 nitrogen and oxygen atoms in total. The van der Waals surface area contributed by atoms with E-state index in [4.69, 9.17) is 4.74 Å². The van der Waals surface area contributed by atoms with Gasteiger partial charge in [-0.15, -0.1) is 0 Å². The predicted molar refractivity (Wildman–Crippen MR) is 88.8 cm³/mol. The van der Waals surface area contributed by atoms with Gasteiger partial charge in [0.05, 0.1) is 0 Å². The Balaban J connectivity index is 1.86. The van der Waals surface area contributed by atoms with Crippen molar-refractivity contribution >= 4 is 27.5 Å². The van der Waals surface area contributed by atoms with Gasteiger partial charge in [0, 0.05) is 10.2 Å². The Kier molecular flexibility index (Phi) is 5.39. The smallest absolute Gasteiger partial charge is 0.262 e. The van der Waals surface area contributed by atoms with E-state index in [9.17, 15) is 4.79 Å². The Labute approximate surface area is 133 Å². The van der Waals surface area contributed by atoms with Gasteiger partial charge in [0.2, 0.25) is 0 Å². The first-order valence-electron chi connectivity index (χ1n) is 6.83. The summed E-state index contributed by atoms with van der Waals surface area (Å²) in [5.41, 5.74) is 1.99. The van der Waals surface area contributed by atoms with Crippen LogP contribution in [0, 0.1) is 0 Å². The number of carbonyl (C=O) groups excluding carboxylic acids is 1. The van der Waals surface area contributed by atoms with Gasteiger partial charge < -0.3 is 10.1 Å². The molecule has 0 saturated heterocycles. The lowest BCUT2D eigenvalue weighted by Gasteiger charge is -2.09. The maximum atomic E-state index is 11.8. The van der Waals surface area contributed by atoms with Gasteiger partial charge in [-0.1, -0.05) is 48.0 Å². The monoisotopic (exact) mass is 347 g/mol. The zero-order valence-electron chi connectivity index (χ0n) is 12.1. The van der Waals surface area contributed by atoms with Crippen LogP contribution in [-0.2, 0) is 4.79 Å². The van der Waals surface area contributed by atoms with E-state index in [2.05, 4.69) is 35.1 Å². The van der Waals surface area contributed by atoms with Crippen molar-refractivity contribution in [3.63, 3.8) is 0 Å².